The maximum atomic E-state index is 12.4. The summed E-state index contributed by atoms with van der Waals surface area (Å²) in [6.07, 6.45) is 6.94. The zero-order chi connectivity index (χ0) is 15.2. The van der Waals surface area contributed by atoms with Crippen molar-refractivity contribution in [2.75, 3.05) is 26.2 Å². The third-order valence-corrected chi connectivity index (χ3v) is 4.64. The van der Waals surface area contributed by atoms with Crippen molar-refractivity contribution < 1.29 is 9.59 Å². The van der Waals surface area contributed by atoms with Crippen LogP contribution in [0.15, 0.2) is 0 Å². The summed E-state index contributed by atoms with van der Waals surface area (Å²) < 4.78 is 0. The number of rotatable bonds is 4. The molecule has 0 aromatic rings. The summed E-state index contributed by atoms with van der Waals surface area (Å²) in [5.41, 5.74) is 5.69. The second kappa shape index (κ2) is 9.36. The molecule has 1 heterocycles. The minimum Gasteiger partial charge on any atom is -0.341 e. The van der Waals surface area contributed by atoms with Gasteiger partial charge in [0.2, 0.25) is 11.8 Å². The highest BCUT2D eigenvalue weighted by Crippen LogP contribution is 2.28. The molecule has 0 spiro atoms. The quantitative estimate of drug-likeness (QED) is 0.854. The summed E-state index contributed by atoms with van der Waals surface area (Å²) in [7, 11) is 0. The van der Waals surface area contributed by atoms with Crippen LogP contribution in [0.5, 0.6) is 0 Å². The highest BCUT2D eigenvalue weighted by molar-refractivity contribution is 5.85. The number of nitrogens with zero attached hydrogens (tertiary/aromatic N) is 2. The second-order valence-electron chi connectivity index (χ2n) is 6.65. The van der Waals surface area contributed by atoms with Gasteiger partial charge >= 0.3 is 0 Å². The van der Waals surface area contributed by atoms with Crippen LogP contribution in [0, 0.1) is 5.92 Å². The molecule has 1 unspecified atom stereocenters. The monoisotopic (exact) mass is 331 g/mol. The molecule has 5 nitrogen and oxygen atoms in total. The van der Waals surface area contributed by atoms with Crippen molar-refractivity contribution in [2.24, 2.45) is 11.7 Å². The van der Waals surface area contributed by atoms with Crippen molar-refractivity contribution >= 4 is 24.2 Å². The Kier molecular flexibility index (Phi) is 8.18. The number of hydrogen-bond donors (Lipinski definition) is 1. The molecule has 2 N–H and O–H groups in total. The highest BCUT2D eigenvalue weighted by atomic mass is 35.5. The Balaban J connectivity index is 0.00000242. The Morgan fingerprint density at radius 3 is 2.09 bits per heavy atom. The van der Waals surface area contributed by atoms with Gasteiger partial charge in [-0.1, -0.05) is 12.8 Å². The van der Waals surface area contributed by atoms with Crippen molar-refractivity contribution in [3.05, 3.63) is 0 Å². The van der Waals surface area contributed by atoms with Gasteiger partial charge < -0.3 is 15.5 Å². The van der Waals surface area contributed by atoms with E-state index in [1.807, 2.05) is 16.7 Å². The van der Waals surface area contributed by atoms with Gasteiger partial charge in [0.05, 0.1) is 0 Å². The normalized spacial score (nSPS) is 21.2. The summed E-state index contributed by atoms with van der Waals surface area (Å²) in [5, 5.41) is 0. The van der Waals surface area contributed by atoms with Gasteiger partial charge in [-0.25, -0.2) is 0 Å². The average molecular weight is 332 g/mol. The lowest BCUT2D eigenvalue weighted by molar-refractivity contribution is -0.134. The molecule has 1 aliphatic carbocycles. The SMILES string of the molecule is CC(N)CC(=O)N1CCCN(C(=O)CC2CCCC2)CC1.Cl. The molecule has 1 saturated carbocycles. The van der Waals surface area contributed by atoms with Crippen LogP contribution < -0.4 is 5.73 Å². The van der Waals surface area contributed by atoms with Gasteiger partial charge in [0, 0.05) is 45.1 Å². The molecule has 6 heteroatoms. The van der Waals surface area contributed by atoms with E-state index in [1.165, 1.54) is 25.7 Å². The van der Waals surface area contributed by atoms with Gasteiger partial charge in [0.25, 0.3) is 0 Å². The molecule has 0 radical (unpaired) electrons. The Labute approximate surface area is 140 Å². The summed E-state index contributed by atoms with van der Waals surface area (Å²) in [4.78, 5) is 28.2. The van der Waals surface area contributed by atoms with Crippen LogP contribution in [0.25, 0.3) is 0 Å². The molecule has 1 aliphatic heterocycles. The molecule has 2 fully saturated rings. The molecule has 2 amide bonds. The minimum atomic E-state index is -0.0964. The largest absolute Gasteiger partial charge is 0.341 e. The van der Waals surface area contributed by atoms with Gasteiger partial charge in [0.1, 0.15) is 0 Å². The first-order chi connectivity index (χ1) is 10.1. The van der Waals surface area contributed by atoms with E-state index in [0.717, 1.165) is 19.5 Å². The van der Waals surface area contributed by atoms with E-state index in [-0.39, 0.29) is 30.3 Å². The zero-order valence-electron chi connectivity index (χ0n) is 13.6. The van der Waals surface area contributed by atoms with Gasteiger partial charge in [-0.05, 0) is 32.1 Å². The third kappa shape index (κ3) is 5.76. The van der Waals surface area contributed by atoms with Crippen molar-refractivity contribution in [3.8, 4) is 0 Å². The van der Waals surface area contributed by atoms with Crippen molar-refractivity contribution in [1.29, 1.82) is 0 Å². The second-order valence-corrected chi connectivity index (χ2v) is 6.65. The Morgan fingerprint density at radius 2 is 1.55 bits per heavy atom. The number of halogens is 1. The average Bonchev–Trinajstić information content (AvgIpc) is 2.79. The molecule has 0 aromatic carbocycles. The number of hydrogen-bond acceptors (Lipinski definition) is 3. The number of carbonyl (C=O) groups is 2. The van der Waals surface area contributed by atoms with E-state index >= 15 is 0 Å². The molecule has 2 rings (SSSR count). The molecule has 22 heavy (non-hydrogen) atoms. The molecule has 128 valence electrons. The lowest BCUT2D eigenvalue weighted by atomic mass is 10.0. The first-order valence-corrected chi connectivity index (χ1v) is 8.37. The van der Waals surface area contributed by atoms with E-state index in [9.17, 15) is 9.59 Å². The molecule has 2 aliphatic rings. The minimum absolute atomic E-state index is 0. The first-order valence-electron chi connectivity index (χ1n) is 8.37. The molecular weight excluding hydrogens is 302 g/mol. The molecule has 1 atom stereocenters. The number of carbonyl (C=O) groups excluding carboxylic acids is 2. The highest BCUT2D eigenvalue weighted by Gasteiger charge is 2.25. The number of nitrogens with two attached hydrogens (primary N) is 1. The van der Waals surface area contributed by atoms with Crippen molar-refractivity contribution in [1.82, 2.24) is 9.80 Å². The molecule has 1 saturated heterocycles. The van der Waals surface area contributed by atoms with E-state index in [4.69, 9.17) is 5.73 Å². The topological polar surface area (TPSA) is 66.6 Å². The fraction of sp³-hybridized carbons (Fsp3) is 0.875. The summed E-state index contributed by atoms with van der Waals surface area (Å²) in [5.74, 6) is 0.995. The van der Waals surface area contributed by atoms with Gasteiger partial charge in [-0.2, -0.15) is 0 Å². The fourth-order valence-corrected chi connectivity index (χ4v) is 3.41. The van der Waals surface area contributed by atoms with Gasteiger partial charge in [0.15, 0.2) is 0 Å². The van der Waals surface area contributed by atoms with E-state index in [2.05, 4.69) is 0 Å². The van der Waals surface area contributed by atoms with Crippen molar-refractivity contribution in [3.63, 3.8) is 0 Å². The maximum absolute atomic E-state index is 12.4. The Bertz CT molecular complexity index is 370. The van der Waals surface area contributed by atoms with Crippen LogP contribution in [0.4, 0.5) is 0 Å². The van der Waals surface area contributed by atoms with Gasteiger partial charge in [-0.3, -0.25) is 9.59 Å². The third-order valence-electron chi connectivity index (χ3n) is 4.64. The van der Waals surface area contributed by atoms with Crippen LogP contribution in [0.2, 0.25) is 0 Å². The van der Waals surface area contributed by atoms with Crippen LogP contribution in [0.3, 0.4) is 0 Å². The summed E-state index contributed by atoms with van der Waals surface area (Å²) in [6.45, 7) is 4.72. The predicted octanol–water partition coefficient (Wildman–Crippen LogP) is 1.79. The number of amides is 2. The van der Waals surface area contributed by atoms with Crippen LogP contribution in [0.1, 0.15) is 51.9 Å². The maximum Gasteiger partial charge on any atom is 0.224 e. The smallest absolute Gasteiger partial charge is 0.224 e. The van der Waals surface area contributed by atoms with E-state index < -0.39 is 0 Å². The Morgan fingerprint density at radius 1 is 1.00 bits per heavy atom. The summed E-state index contributed by atoms with van der Waals surface area (Å²) >= 11 is 0. The molecule has 0 bridgehead atoms. The van der Waals surface area contributed by atoms with Gasteiger partial charge in [-0.15, -0.1) is 12.4 Å². The standard InChI is InChI=1S/C16H29N3O2.ClH/c1-13(17)11-15(20)18-7-4-8-19(10-9-18)16(21)12-14-5-2-3-6-14;/h13-14H,2-12,17H2,1H3;1H. The van der Waals surface area contributed by atoms with Crippen molar-refractivity contribution in [2.45, 2.75) is 57.9 Å². The summed E-state index contributed by atoms with van der Waals surface area (Å²) in [6, 6.07) is -0.0964. The van der Waals surface area contributed by atoms with E-state index in [1.54, 1.807) is 0 Å². The first kappa shape index (κ1) is 19.2. The zero-order valence-corrected chi connectivity index (χ0v) is 14.4. The molecule has 0 aromatic heterocycles. The lowest BCUT2D eigenvalue weighted by Gasteiger charge is -2.23. The van der Waals surface area contributed by atoms with E-state index in [0.29, 0.717) is 31.8 Å². The molecular formula is C16H30ClN3O2. The van der Waals surface area contributed by atoms with Crippen LogP contribution >= 0.6 is 12.4 Å². The lowest BCUT2D eigenvalue weighted by Crippen LogP contribution is -2.39. The predicted molar refractivity (Wildman–Crippen MR) is 89.9 cm³/mol. The Hall–Kier alpha value is -0.810. The van der Waals surface area contributed by atoms with Crippen LogP contribution in [-0.4, -0.2) is 53.8 Å². The van der Waals surface area contributed by atoms with Crippen LogP contribution in [-0.2, 0) is 9.59 Å². The fourth-order valence-electron chi connectivity index (χ4n) is 3.41.